The first-order chi connectivity index (χ1) is 15.8. The molecule has 0 spiro atoms. The molecule has 8 nitrogen and oxygen atoms in total. The van der Waals surface area contributed by atoms with Crippen molar-refractivity contribution in [2.75, 3.05) is 0 Å². The lowest BCUT2D eigenvalue weighted by molar-refractivity contribution is -0.211. The quantitative estimate of drug-likeness (QED) is 0.297. The van der Waals surface area contributed by atoms with E-state index >= 15 is 0 Å². The number of carbonyl (C=O) groups excluding carboxylic acids is 1. The Morgan fingerprint density at radius 1 is 0.971 bits per heavy atom. The van der Waals surface area contributed by atoms with Crippen LogP contribution in [0.2, 0.25) is 0 Å². The molecule has 4 aliphatic carbocycles. The largest absolute Gasteiger partial charge is 0.390 e. The maximum Gasteiger partial charge on any atom is 0.187 e. The number of hydrogen-bond acceptors (Lipinski definition) is 8. The van der Waals surface area contributed by atoms with Crippen LogP contribution in [0.4, 0.5) is 0 Å². The molecule has 0 heterocycles. The van der Waals surface area contributed by atoms with E-state index in [0.717, 1.165) is 0 Å². The van der Waals surface area contributed by atoms with Crippen molar-refractivity contribution in [2.24, 2.45) is 22.7 Å². The van der Waals surface area contributed by atoms with Crippen molar-refractivity contribution in [1.29, 1.82) is 0 Å². The van der Waals surface area contributed by atoms with E-state index in [0.29, 0.717) is 37.7 Å². The molecular weight excluding hydrogens is 452 g/mol. The first-order valence-corrected chi connectivity index (χ1v) is 13.0. The number of hydrogen-bond donors (Lipinski definition) is 7. The molecule has 0 unspecified atom stereocenters. The van der Waals surface area contributed by atoms with E-state index in [9.17, 15) is 40.5 Å². The Kier molecular flexibility index (Phi) is 6.26. The average molecular weight is 497 g/mol. The summed E-state index contributed by atoms with van der Waals surface area (Å²) < 4.78 is 0. The summed E-state index contributed by atoms with van der Waals surface area (Å²) in [6.07, 6.45) is 0.0884. The molecular formula is C27H44O8. The molecule has 7 N–H and O–H groups in total. The third kappa shape index (κ3) is 3.70. The SMILES string of the molecule is CC(C)(O)CC[C@@H](O)[C@](C)(O)[C@H]1CC[C@@]2(O)C3=CC(=O)[C@]4(O)C[C@@H](O)[C@H](O)C[C@]4(C)[C@H]3CC[C@]12C. The van der Waals surface area contributed by atoms with Crippen LogP contribution in [0, 0.1) is 22.7 Å². The summed E-state index contributed by atoms with van der Waals surface area (Å²) in [5.74, 6) is -1.38. The number of fused-ring (bicyclic) bond motifs is 5. The lowest BCUT2D eigenvalue weighted by Gasteiger charge is -2.62. The van der Waals surface area contributed by atoms with Gasteiger partial charge in [-0.25, -0.2) is 0 Å². The number of ketones is 1. The lowest BCUT2D eigenvalue weighted by atomic mass is 9.44. The molecule has 0 saturated heterocycles. The molecule has 35 heavy (non-hydrogen) atoms. The van der Waals surface area contributed by atoms with Crippen LogP contribution in [0.5, 0.6) is 0 Å². The maximum absolute atomic E-state index is 13.3. The fourth-order valence-electron chi connectivity index (χ4n) is 8.31. The molecule has 0 aromatic rings. The summed E-state index contributed by atoms with van der Waals surface area (Å²) in [6.45, 7) is 8.58. The van der Waals surface area contributed by atoms with Crippen molar-refractivity contribution >= 4 is 5.78 Å². The minimum Gasteiger partial charge on any atom is -0.390 e. The van der Waals surface area contributed by atoms with Crippen LogP contribution < -0.4 is 0 Å². The van der Waals surface area contributed by atoms with Crippen LogP contribution in [0.25, 0.3) is 0 Å². The van der Waals surface area contributed by atoms with Gasteiger partial charge >= 0.3 is 0 Å². The topological polar surface area (TPSA) is 159 Å². The Morgan fingerprint density at radius 2 is 1.57 bits per heavy atom. The second-order valence-electron chi connectivity index (χ2n) is 13.3. The normalized spacial score (nSPS) is 48.3. The Bertz CT molecular complexity index is 907. The highest BCUT2D eigenvalue weighted by Gasteiger charge is 2.71. The molecule has 8 heteroatoms. The van der Waals surface area contributed by atoms with Gasteiger partial charge in [-0.05, 0) is 89.2 Å². The molecule has 0 aromatic carbocycles. The lowest BCUT2D eigenvalue weighted by Crippen LogP contribution is -2.69. The summed E-state index contributed by atoms with van der Waals surface area (Å²) in [6, 6.07) is 0. The molecule has 0 amide bonds. The van der Waals surface area contributed by atoms with E-state index in [1.807, 2.05) is 6.92 Å². The van der Waals surface area contributed by atoms with E-state index in [-0.39, 0.29) is 25.2 Å². The van der Waals surface area contributed by atoms with Crippen LogP contribution in [0.15, 0.2) is 11.6 Å². The van der Waals surface area contributed by atoms with E-state index in [1.54, 1.807) is 27.7 Å². The minimum atomic E-state index is -1.82. The van der Waals surface area contributed by atoms with Crippen molar-refractivity contribution in [3.8, 4) is 0 Å². The Morgan fingerprint density at radius 3 is 2.17 bits per heavy atom. The molecule has 3 fully saturated rings. The monoisotopic (exact) mass is 496 g/mol. The third-order valence-corrected chi connectivity index (χ3v) is 10.7. The second-order valence-corrected chi connectivity index (χ2v) is 13.3. The van der Waals surface area contributed by atoms with Gasteiger partial charge in [-0.3, -0.25) is 4.79 Å². The predicted octanol–water partition coefficient (Wildman–Crippen LogP) is 0.969. The van der Waals surface area contributed by atoms with Crippen LogP contribution in [0.3, 0.4) is 0 Å². The van der Waals surface area contributed by atoms with Gasteiger partial charge in [0.1, 0.15) is 5.60 Å². The Balaban J connectivity index is 1.70. The molecule has 0 radical (unpaired) electrons. The van der Waals surface area contributed by atoms with Crippen LogP contribution in [-0.2, 0) is 4.79 Å². The van der Waals surface area contributed by atoms with Gasteiger partial charge in [0, 0.05) is 17.3 Å². The average Bonchev–Trinajstić information content (AvgIpc) is 3.01. The van der Waals surface area contributed by atoms with Gasteiger partial charge in [-0.1, -0.05) is 13.8 Å². The molecule has 0 aromatic heterocycles. The Labute approximate surface area is 207 Å². The van der Waals surface area contributed by atoms with Gasteiger partial charge in [0.2, 0.25) is 0 Å². The molecule has 3 saturated carbocycles. The van der Waals surface area contributed by atoms with Gasteiger partial charge in [0.25, 0.3) is 0 Å². The zero-order chi connectivity index (χ0) is 26.4. The maximum atomic E-state index is 13.3. The Hall–Kier alpha value is -0.870. The molecule has 4 rings (SSSR count). The first-order valence-electron chi connectivity index (χ1n) is 13.0. The number of rotatable bonds is 5. The summed E-state index contributed by atoms with van der Waals surface area (Å²) >= 11 is 0. The highest BCUT2D eigenvalue weighted by Crippen LogP contribution is 2.69. The van der Waals surface area contributed by atoms with Gasteiger partial charge in [0.05, 0.1) is 35.1 Å². The molecule has 4 aliphatic rings. The van der Waals surface area contributed by atoms with E-state index < -0.39 is 63.2 Å². The van der Waals surface area contributed by atoms with E-state index in [1.165, 1.54) is 6.08 Å². The van der Waals surface area contributed by atoms with Crippen molar-refractivity contribution in [2.45, 2.75) is 127 Å². The number of aliphatic hydroxyl groups is 7. The number of aliphatic hydroxyl groups excluding tert-OH is 3. The fourth-order valence-corrected chi connectivity index (χ4v) is 8.31. The second kappa shape index (κ2) is 8.06. The molecule has 0 bridgehead atoms. The van der Waals surface area contributed by atoms with Crippen molar-refractivity contribution in [3.05, 3.63) is 11.6 Å². The van der Waals surface area contributed by atoms with Crippen LogP contribution in [-0.4, -0.2) is 82.2 Å². The van der Waals surface area contributed by atoms with Gasteiger partial charge in [-0.15, -0.1) is 0 Å². The standard InChI is InChI=1S/C27H44O8/c1-22(2,32)9-8-20(30)25(5,33)19-7-11-26(34)16-12-21(31)27(35)14-18(29)17(28)13-24(27,4)15(16)6-10-23(19,26)3/h12,15,17-20,28-30,32-35H,6-11,13-14H2,1-5H3/t15-,17+,18+,19-,20+,23+,24+,25+,26+,27+/m0/s1. The van der Waals surface area contributed by atoms with Crippen LogP contribution >= 0.6 is 0 Å². The molecule has 10 atom stereocenters. The highest BCUT2D eigenvalue weighted by molar-refractivity contribution is 6.00. The minimum absolute atomic E-state index is 0.0437. The fraction of sp³-hybridized carbons (Fsp3) is 0.889. The van der Waals surface area contributed by atoms with Crippen molar-refractivity contribution in [3.63, 3.8) is 0 Å². The summed E-state index contributed by atoms with van der Waals surface area (Å²) in [7, 11) is 0. The van der Waals surface area contributed by atoms with Crippen molar-refractivity contribution < 1.29 is 40.5 Å². The van der Waals surface area contributed by atoms with Gasteiger partial charge < -0.3 is 35.7 Å². The smallest absolute Gasteiger partial charge is 0.187 e. The summed E-state index contributed by atoms with van der Waals surface area (Å²) in [5.41, 5.74) is -7.07. The predicted molar refractivity (Wildman–Crippen MR) is 128 cm³/mol. The molecule has 200 valence electrons. The van der Waals surface area contributed by atoms with Crippen LogP contribution in [0.1, 0.15) is 86.0 Å². The van der Waals surface area contributed by atoms with E-state index in [2.05, 4.69) is 0 Å². The van der Waals surface area contributed by atoms with Gasteiger partial charge in [-0.2, -0.15) is 0 Å². The first kappa shape index (κ1) is 27.2. The van der Waals surface area contributed by atoms with Gasteiger partial charge in [0.15, 0.2) is 5.78 Å². The van der Waals surface area contributed by atoms with E-state index in [4.69, 9.17) is 0 Å². The highest BCUT2D eigenvalue weighted by atomic mass is 16.3. The third-order valence-electron chi connectivity index (χ3n) is 10.7. The number of carbonyl (C=O) groups is 1. The summed E-state index contributed by atoms with van der Waals surface area (Å²) in [5, 5.41) is 77.0. The molecule has 0 aliphatic heterocycles. The summed E-state index contributed by atoms with van der Waals surface area (Å²) in [4.78, 5) is 13.3. The zero-order valence-corrected chi connectivity index (χ0v) is 21.7. The zero-order valence-electron chi connectivity index (χ0n) is 21.7. The van der Waals surface area contributed by atoms with Crippen molar-refractivity contribution in [1.82, 2.24) is 0 Å².